The zero-order valence-electron chi connectivity index (χ0n) is 10.5. The summed E-state index contributed by atoms with van der Waals surface area (Å²) in [4.78, 5) is 12.1. The zero-order valence-corrected chi connectivity index (χ0v) is 11.4. The van der Waals surface area contributed by atoms with Crippen LogP contribution in [0.5, 0.6) is 0 Å². The van der Waals surface area contributed by atoms with E-state index in [2.05, 4.69) is 33.1 Å². The minimum Gasteiger partial charge on any atom is -0.299 e. The third kappa shape index (κ3) is 3.38. The summed E-state index contributed by atoms with van der Waals surface area (Å²) in [6.07, 6.45) is 6.72. The standard InChI is InChI=1S/C14H24OS/c1-4-5-6-13(15)12-9-14(3,10-16)8-7-11(12)2/h4,11-12,16H,1,5-10H2,2-3H3. The Bertz CT molecular complexity index is 261. The molecule has 1 aliphatic rings. The molecule has 0 N–H and O–H groups in total. The number of allylic oxidation sites excluding steroid dienone is 1. The highest BCUT2D eigenvalue weighted by atomic mass is 32.1. The predicted octanol–water partition coefficient (Wildman–Crippen LogP) is 3.89. The molecule has 2 heteroatoms. The molecule has 0 aromatic heterocycles. The van der Waals surface area contributed by atoms with Gasteiger partial charge in [-0.15, -0.1) is 6.58 Å². The fraction of sp³-hybridized carbons (Fsp3) is 0.786. The molecule has 1 saturated carbocycles. The van der Waals surface area contributed by atoms with Crippen molar-refractivity contribution >= 4 is 18.4 Å². The Morgan fingerprint density at radius 1 is 1.62 bits per heavy atom. The summed E-state index contributed by atoms with van der Waals surface area (Å²) in [6, 6.07) is 0. The highest BCUT2D eigenvalue weighted by Gasteiger charge is 2.37. The van der Waals surface area contributed by atoms with Crippen molar-refractivity contribution in [2.24, 2.45) is 17.3 Å². The molecular formula is C14H24OS. The monoisotopic (exact) mass is 240 g/mol. The second-order valence-corrected chi connectivity index (χ2v) is 5.91. The van der Waals surface area contributed by atoms with Crippen molar-refractivity contribution in [3.8, 4) is 0 Å². The quantitative estimate of drug-likeness (QED) is 0.570. The number of hydrogen-bond donors (Lipinski definition) is 1. The van der Waals surface area contributed by atoms with E-state index in [1.54, 1.807) is 0 Å². The number of rotatable bonds is 5. The molecule has 0 heterocycles. The lowest BCUT2D eigenvalue weighted by Gasteiger charge is -2.40. The van der Waals surface area contributed by atoms with Gasteiger partial charge in [-0.25, -0.2) is 0 Å². The van der Waals surface area contributed by atoms with Gasteiger partial charge in [-0.1, -0.05) is 19.9 Å². The van der Waals surface area contributed by atoms with E-state index in [0.29, 0.717) is 18.1 Å². The van der Waals surface area contributed by atoms with Crippen LogP contribution in [0.3, 0.4) is 0 Å². The Morgan fingerprint density at radius 3 is 2.88 bits per heavy atom. The van der Waals surface area contributed by atoms with Crippen molar-refractivity contribution in [1.29, 1.82) is 0 Å². The van der Waals surface area contributed by atoms with Gasteiger partial charge in [0.15, 0.2) is 0 Å². The molecule has 16 heavy (non-hydrogen) atoms. The maximum absolute atomic E-state index is 12.1. The van der Waals surface area contributed by atoms with E-state index in [9.17, 15) is 4.79 Å². The van der Waals surface area contributed by atoms with Gasteiger partial charge < -0.3 is 0 Å². The summed E-state index contributed by atoms with van der Waals surface area (Å²) in [6.45, 7) is 8.16. The normalized spacial score (nSPS) is 34.7. The molecule has 1 aliphatic carbocycles. The van der Waals surface area contributed by atoms with Gasteiger partial charge in [0.2, 0.25) is 0 Å². The second kappa shape index (κ2) is 5.90. The SMILES string of the molecule is C=CCCC(=O)C1CC(C)(CS)CCC1C. The minimum absolute atomic E-state index is 0.255. The van der Waals surface area contributed by atoms with Crippen molar-refractivity contribution in [3.63, 3.8) is 0 Å². The smallest absolute Gasteiger partial charge is 0.136 e. The number of hydrogen-bond acceptors (Lipinski definition) is 2. The first-order valence-electron chi connectivity index (χ1n) is 6.27. The van der Waals surface area contributed by atoms with E-state index in [4.69, 9.17) is 0 Å². The molecule has 1 fully saturated rings. The molecule has 0 spiro atoms. The molecule has 3 atom stereocenters. The van der Waals surface area contributed by atoms with E-state index in [1.807, 2.05) is 6.08 Å². The van der Waals surface area contributed by atoms with Crippen LogP contribution in [-0.4, -0.2) is 11.5 Å². The summed E-state index contributed by atoms with van der Waals surface area (Å²) < 4.78 is 0. The molecule has 1 rings (SSSR count). The maximum atomic E-state index is 12.1. The molecule has 92 valence electrons. The average molecular weight is 240 g/mol. The third-order valence-corrected chi connectivity index (χ3v) is 4.76. The van der Waals surface area contributed by atoms with Gasteiger partial charge in [-0.3, -0.25) is 4.79 Å². The van der Waals surface area contributed by atoms with Gasteiger partial charge in [0.25, 0.3) is 0 Å². The maximum Gasteiger partial charge on any atom is 0.136 e. The van der Waals surface area contributed by atoms with Crippen LogP contribution in [-0.2, 0) is 4.79 Å². The largest absolute Gasteiger partial charge is 0.299 e. The Labute approximate surface area is 105 Å². The molecule has 0 saturated heterocycles. The Balaban J connectivity index is 2.62. The first-order valence-corrected chi connectivity index (χ1v) is 6.90. The van der Waals surface area contributed by atoms with E-state index in [-0.39, 0.29) is 11.3 Å². The van der Waals surface area contributed by atoms with Crippen molar-refractivity contribution < 1.29 is 4.79 Å². The van der Waals surface area contributed by atoms with Crippen molar-refractivity contribution in [2.45, 2.75) is 46.0 Å². The average Bonchev–Trinajstić information content (AvgIpc) is 2.29. The van der Waals surface area contributed by atoms with Crippen LogP contribution >= 0.6 is 12.6 Å². The molecule has 0 amide bonds. The van der Waals surface area contributed by atoms with Crippen LogP contribution < -0.4 is 0 Å². The van der Waals surface area contributed by atoms with E-state index >= 15 is 0 Å². The van der Waals surface area contributed by atoms with Crippen LogP contribution in [0.4, 0.5) is 0 Å². The van der Waals surface area contributed by atoms with Crippen molar-refractivity contribution in [1.82, 2.24) is 0 Å². The molecule has 1 nitrogen and oxygen atoms in total. The topological polar surface area (TPSA) is 17.1 Å². The summed E-state index contributed by atoms with van der Waals surface area (Å²) in [5.41, 5.74) is 0.268. The zero-order chi connectivity index (χ0) is 12.2. The van der Waals surface area contributed by atoms with E-state index in [1.165, 1.54) is 12.8 Å². The molecule has 0 aromatic carbocycles. The summed E-state index contributed by atoms with van der Waals surface area (Å²) in [5, 5.41) is 0. The molecule has 0 bridgehead atoms. The lowest BCUT2D eigenvalue weighted by molar-refractivity contribution is -0.126. The molecule has 0 aromatic rings. The van der Waals surface area contributed by atoms with Crippen molar-refractivity contribution in [3.05, 3.63) is 12.7 Å². The lowest BCUT2D eigenvalue weighted by Crippen LogP contribution is -2.36. The second-order valence-electron chi connectivity index (χ2n) is 5.59. The van der Waals surface area contributed by atoms with Crippen LogP contribution in [0.25, 0.3) is 0 Å². The van der Waals surface area contributed by atoms with E-state index < -0.39 is 0 Å². The summed E-state index contributed by atoms with van der Waals surface area (Å²) in [5.74, 6) is 2.13. The van der Waals surface area contributed by atoms with Gasteiger partial charge in [-0.2, -0.15) is 12.6 Å². The first-order chi connectivity index (χ1) is 7.52. The highest BCUT2D eigenvalue weighted by Crippen LogP contribution is 2.43. The number of thiol groups is 1. The first kappa shape index (κ1) is 13.8. The Kier molecular flexibility index (Phi) is 5.10. The van der Waals surface area contributed by atoms with Crippen LogP contribution in [0.1, 0.15) is 46.0 Å². The third-order valence-electron chi connectivity index (χ3n) is 3.99. The van der Waals surface area contributed by atoms with Gasteiger partial charge in [0.05, 0.1) is 0 Å². The van der Waals surface area contributed by atoms with Crippen LogP contribution in [0.15, 0.2) is 12.7 Å². The van der Waals surface area contributed by atoms with Crippen molar-refractivity contribution in [2.75, 3.05) is 5.75 Å². The Morgan fingerprint density at radius 2 is 2.31 bits per heavy atom. The Hall–Kier alpha value is -0.240. The number of Topliss-reactive ketones (excluding diaryl/α,β-unsaturated/α-hetero) is 1. The van der Waals surface area contributed by atoms with Gasteiger partial charge >= 0.3 is 0 Å². The molecule has 3 unspecified atom stereocenters. The van der Waals surface area contributed by atoms with Crippen LogP contribution in [0, 0.1) is 17.3 Å². The van der Waals surface area contributed by atoms with Gasteiger partial charge in [-0.05, 0) is 42.8 Å². The van der Waals surface area contributed by atoms with Crippen LogP contribution in [0.2, 0.25) is 0 Å². The highest BCUT2D eigenvalue weighted by molar-refractivity contribution is 7.80. The minimum atomic E-state index is 0.255. The van der Waals surface area contributed by atoms with Gasteiger partial charge in [0.1, 0.15) is 5.78 Å². The predicted molar refractivity (Wildman–Crippen MR) is 72.9 cm³/mol. The summed E-state index contributed by atoms with van der Waals surface area (Å²) >= 11 is 4.43. The summed E-state index contributed by atoms with van der Waals surface area (Å²) in [7, 11) is 0. The number of ketones is 1. The molecule has 0 radical (unpaired) electrons. The lowest BCUT2D eigenvalue weighted by atomic mass is 9.66. The fourth-order valence-electron chi connectivity index (χ4n) is 2.62. The molecule has 0 aliphatic heterocycles. The molecular weight excluding hydrogens is 216 g/mol. The number of carbonyl (C=O) groups is 1. The van der Waals surface area contributed by atoms with E-state index in [0.717, 1.165) is 18.6 Å². The fourth-order valence-corrected chi connectivity index (χ4v) is 2.90. The van der Waals surface area contributed by atoms with Gasteiger partial charge in [0, 0.05) is 12.3 Å². The number of carbonyl (C=O) groups excluding carboxylic acids is 1.